The van der Waals surface area contributed by atoms with Crippen molar-refractivity contribution in [3.05, 3.63) is 34.9 Å². The van der Waals surface area contributed by atoms with Crippen molar-refractivity contribution in [2.45, 2.75) is 141 Å². The maximum Gasteiger partial charge on any atom is 0.123 e. The summed E-state index contributed by atoms with van der Waals surface area (Å²) in [4.78, 5) is 2.79. The third-order valence-corrected chi connectivity index (χ3v) is 10.6. The topological polar surface area (TPSA) is 57.8 Å². The van der Waals surface area contributed by atoms with Gasteiger partial charge in [0.25, 0.3) is 0 Å². The number of hydrogen-bond donors (Lipinski definition) is 3. The average Bonchev–Trinajstić information content (AvgIpc) is 3.22. The van der Waals surface area contributed by atoms with Crippen molar-refractivity contribution in [2.24, 2.45) is 11.3 Å². The number of hydrogen-bond acceptors (Lipinski definition) is 7. The molecule has 0 aromatic heterocycles. The van der Waals surface area contributed by atoms with E-state index in [0.717, 1.165) is 51.3 Å². The highest BCUT2D eigenvalue weighted by Gasteiger charge is 2.38. The first-order valence-corrected chi connectivity index (χ1v) is 16.8. The summed E-state index contributed by atoms with van der Waals surface area (Å²) >= 11 is 1.94. The molecule has 3 aliphatic heterocycles. The van der Waals surface area contributed by atoms with Crippen molar-refractivity contribution in [3.63, 3.8) is 0 Å². The van der Waals surface area contributed by atoms with E-state index < -0.39 is 0 Å². The molecule has 4 fully saturated rings. The van der Waals surface area contributed by atoms with Crippen LogP contribution < -0.4 is 15.4 Å². The third kappa shape index (κ3) is 8.24. The Hall–Kier alpha value is -0.670. The normalized spacial score (nSPS) is 35.9. The van der Waals surface area contributed by atoms with Gasteiger partial charge in [0.2, 0.25) is 0 Å². The molecule has 0 amide bonds. The van der Waals surface area contributed by atoms with Crippen molar-refractivity contribution >= 4 is 11.9 Å². The van der Waals surface area contributed by atoms with E-state index in [0.29, 0.717) is 17.4 Å². The van der Waals surface area contributed by atoms with Gasteiger partial charge in [-0.1, -0.05) is 57.3 Å². The lowest BCUT2D eigenvalue weighted by molar-refractivity contribution is -0.0690. The van der Waals surface area contributed by atoms with Gasteiger partial charge in [-0.05, 0) is 94.2 Å². The maximum absolute atomic E-state index is 6.88. The van der Waals surface area contributed by atoms with Gasteiger partial charge in [0.1, 0.15) is 12.5 Å². The van der Waals surface area contributed by atoms with Crippen LogP contribution in [0.5, 0.6) is 0 Å². The molecule has 1 aromatic carbocycles. The smallest absolute Gasteiger partial charge is 0.123 e. The number of nitrogens with zero attached hydrogens (tertiary/aromatic N) is 1. The van der Waals surface area contributed by atoms with Gasteiger partial charge in [0.15, 0.2) is 0 Å². The first-order valence-electron chi connectivity index (χ1n) is 16.0. The molecule has 6 unspecified atom stereocenters. The molecule has 1 aliphatic carbocycles. The second kappa shape index (κ2) is 12.9. The standard InChI is InChI=1S/C33H56N4O2S/c1-22-10-8-11-23(2)30(22)28-17-29-35-31(34-28)36-40-27-13-9-12-24(16-27)19-37(20-26-14-15-33(6,7)39-26)25(21-38-29)18-32(3,4)5/h8,10-11,24-29,31,34-36H,9,12-21H2,1-7H3/t24?,25-,26?,27?,28?,29?,31?/m1/s1. The third-order valence-electron chi connectivity index (χ3n) is 9.49. The Balaban J connectivity index is 1.41. The van der Waals surface area contributed by atoms with Crippen LogP contribution in [0.1, 0.15) is 109 Å². The van der Waals surface area contributed by atoms with E-state index in [1.165, 1.54) is 42.4 Å². The molecular formula is C33H56N4O2S. The van der Waals surface area contributed by atoms with Crippen molar-refractivity contribution in [3.8, 4) is 0 Å². The molecule has 0 radical (unpaired) electrons. The molecule has 4 aliphatic rings. The monoisotopic (exact) mass is 572 g/mol. The summed E-state index contributed by atoms with van der Waals surface area (Å²) in [6, 6.07) is 7.29. The van der Waals surface area contributed by atoms with E-state index in [2.05, 4.69) is 86.9 Å². The molecule has 3 N–H and O–H groups in total. The fourth-order valence-corrected chi connectivity index (χ4v) is 8.74. The summed E-state index contributed by atoms with van der Waals surface area (Å²) in [6.07, 6.45) is 9.93. The molecule has 5 rings (SSSR count). The molecule has 0 spiro atoms. The van der Waals surface area contributed by atoms with Gasteiger partial charge in [-0.3, -0.25) is 15.5 Å². The molecule has 7 heteroatoms. The molecule has 1 aromatic rings. The zero-order valence-corrected chi connectivity index (χ0v) is 27.0. The van der Waals surface area contributed by atoms with E-state index in [-0.39, 0.29) is 29.6 Å². The summed E-state index contributed by atoms with van der Waals surface area (Å²) in [7, 11) is 0. The quantitative estimate of drug-likeness (QED) is 0.360. The minimum Gasteiger partial charge on any atom is -0.371 e. The Morgan fingerprint density at radius 1 is 1.05 bits per heavy atom. The van der Waals surface area contributed by atoms with Crippen LogP contribution in [0.4, 0.5) is 0 Å². The fraction of sp³-hybridized carbons (Fsp3) is 0.818. The Bertz CT molecular complexity index is 961. The Morgan fingerprint density at radius 2 is 1.82 bits per heavy atom. The highest BCUT2D eigenvalue weighted by atomic mass is 32.2. The van der Waals surface area contributed by atoms with Crippen molar-refractivity contribution < 1.29 is 9.47 Å². The van der Waals surface area contributed by atoms with Crippen LogP contribution in [0.15, 0.2) is 18.2 Å². The Labute approximate surface area is 248 Å². The number of rotatable bonds is 4. The van der Waals surface area contributed by atoms with Gasteiger partial charge >= 0.3 is 0 Å². The van der Waals surface area contributed by atoms with Crippen LogP contribution in [0.25, 0.3) is 0 Å². The summed E-state index contributed by atoms with van der Waals surface area (Å²) in [5.41, 5.74) is 4.36. The fourth-order valence-electron chi connectivity index (χ4n) is 7.63. The molecule has 3 saturated heterocycles. The first kappa shape index (κ1) is 30.8. The van der Waals surface area contributed by atoms with Crippen LogP contribution in [0.2, 0.25) is 0 Å². The number of fused-ring (bicyclic) bond motifs is 4. The molecule has 7 atom stereocenters. The van der Waals surface area contributed by atoms with Crippen LogP contribution >= 0.6 is 11.9 Å². The molecule has 226 valence electrons. The van der Waals surface area contributed by atoms with Gasteiger partial charge in [-0.15, -0.1) is 0 Å². The van der Waals surface area contributed by atoms with Crippen LogP contribution in [-0.4, -0.2) is 60.1 Å². The maximum atomic E-state index is 6.88. The minimum absolute atomic E-state index is 0.0000976. The molecule has 3 heterocycles. The van der Waals surface area contributed by atoms with E-state index in [1.807, 2.05) is 11.9 Å². The Kier molecular flexibility index (Phi) is 9.93. The second-order valence-corrected chi connectivity index (χ2v) is 16.1. The zero-order valence-electron chi connectivity index (χ0n) is 26.2. The SMILES string of the molecule is Cc1cccc(C)c1C1CC2NC(NSC3CCCC(C3)CN(CC3CCC(C)(C)O3)[C@H](CC(C)(C)C)CO2)N1. The summed E-state index contributed by atoms with van der Waals surface area (Å²) in [5.74, 6) is 0.730. The van der Waals surface area contributed by atoms with Gasteiger partial charge in [0.05, 0.1) is 18.3 Å². The number of benzene rings is 1. The van der Waals surface area contributed by atoms with E-state index >= 15 is 0 Å². The van der Waals surface area contributed by atoms with Crippen molar-refractivity contribution in [1.29, 1.82) is 0 Å². The second-order valence-electron chi connectivity index (χ2n) is 15.0. The molecule has 1 saturated carbocycles. The molecule has 40 heavy (non-hydrogen) atoms. The lowest BCUT2D eigenvalue weighted by atomic mass is 9.85. The molecule has 6 nitrogen and oxygen atoms in total. The molecule has 4 bridgehead atoms. The predicted molar refractivity (Wildman–Crippen MR) is 167 cm³/mol. The average molecular weight is 573 g/mol. The van der Waals surface area contributed by atoms with Crippen molar-refractivity contribution in [2.75, 3.05) is 19.7 Å². The van der Waals surface area contributed by atoms with E-state index in [1.54, 1.807) is 0 Å². The van der Waals surface area contributed by atoms with Crippen LogP contribution in [0, 0.1) is 25.2 Å². The Morgan fingerprint density at radius 3 is 2.52 bits per heavy atom. The summed E-state index contributed by atoms with van der Waals surface area (Å²) in [5, 5.41) is 8.31. The highest BCUT2D eigenvalue weighted by Crippen LogP contribution is 2.36. The lowest BCUT2D eigenvalue weighted by Crippen LogP contribution is -2.61. The number of nitrogens with one attached hydrogen (secondary N) is 3. The number of aryl methyl sites for hydroxylation is 2. The summed E-state index contributed by atoms with van der Waals surface area (Å²) in [6.45, 7) is 19.1. The molecular weight excluding hydrogens is 516 g/mol. The van der Waals surface area contributed by atoms with E-state index in [4.69, 9.17) is 9.47 Å². The van der Waals surface area contributed by atoms with Crippen LogP contribution in [0.3, 0.4) is 0 Å². The predicted octanol–water partition coefficient (Wildman–Crippen LogP) is 6.43. The lowest BCUT2D eigenvalue weighted by Gasteiger charge is -2.41. The van der Waals surface area contributed by atoms with Gasteiger partial charge in [-0.25, -0.2) is 4.72 Å². The number of ether oxygens (including phenoxy) is 2. The summed E-state index contributed by atoms with van der Waals surface area (Å²) < 4.78 is 17.2. The zero-order chi connectivity index (χ0) is 28.5. The highest BCUT2D eigenvalue weighted by molar-refractivity contribution is 7.98. The van der Waals surface area contributed by atoms with Crippen molar-refractivity contribution in [1.82, 2.24) is 20.3 Å². The van der Waals surface area contributed by atoms with Gasteiger partial charge in [-0.2, -0.15) is 0 Å². The van der Waals surface area contributed by atoms with Gasteiger partial charge in [0, 0.05) is 36.8 Å². The largest absolute Gasteiger partial charge is 0.371 e. The van der Waals surface area contributed by atoms with E-state index in [9.17, 15) is 0 Å². The first-order chi connectivity index (χ1) is 18.9. The van der Waals surface area contributed by atoms with Crippen LogP contribution in [-0.2, 0) is 9.47 Å². The minimum atomic E-state index is -0.00512. The van der Waals surface area contributed by atoms with Gasteiger partial charge < -0.3 is 9.47 Å².